The molecule has 0 radical (unpaired) electrons. The van der Waals surface area contributed by atoms with E-state index < -0.39 is 45.7 Å². The van der Waals surface area contributed by atoms with Gasteiger partial charge in [0.25, 0.3) is 0 Å². The highest BCUT2D eigenvalue weighted by Gasteiger charge is 2.49. The Bertz CT molecular complexity index is 2820. The summed E-state index contributed by atoms with van der Waals surface area (Å²) < 4.78 is 59.2. The van der Waals surface area contributed by atoms with Crippen molar-refractivity contribution in [2.75, 3.05) is 18.5 Å². The Labute approximate surface area is 474 Å². The van der Waals surface area contributed by atoms with E-state index >= 15 is 0 Å². The van der Waals surface area contributed by atoms with Crippen LogP contribution in [0.25, 0.3) is 22.3 Å². The molecule has 0 unspecified atom stereocenters. The Balaban J connectivity index is 1.18. The van der Waals surface area contributed by atoms with Crippen molar-refractivity contribution in [1.82, 2.24) is 39.0 Å². The van der Waals surface area contributed by atoms with Crippen LogP contribution in [0.4, 0.5) is 11.9 Å². The van der Waals surface area contributed by atoms with Gasteiger partial charge in [0.05, 0.1) is 38.1 Å². The van der Waals surface area contributed by atoms with Crippen LogP contribution in [0.15, 0.2) is 73.3 Å². The maximum Gasteiger partial charge on any atom is 0.247 e. The summed E-state index contributed by atoms with van der Waals surface area (Å²) in [5, 5.41) is 3.40. The Morgan fingerprint density at radius 1 is 0.494 bits per heavy atom. The number of ether oxygens (including phenoxy) is 4. The van der Waals surface area contributed by atoms with Gasteiger partial charge < -0.3 is 36.7 Å². The van der Waals surface area contributed by atoms with Crippen molar-refractivity contribution in [2.45, 2.75) is 219 Å². The van der Waals surface area contributed by atoms with E-state index in [-0.39, 0.29) is 81.4 Å². The summed E-state index contributed by atoms with van der Waals surface area (Å²) in [6, 6.07) is 20.0. The molecule has 0 bridgehead atoms. The van der Waals surface area contributed by atoms with Crippen LogP contribution in [0.2, 0.25) is 72.5 Å². The van der Waals surface area contributed by atoms with Crippen LogP contribution in [0.3, 0.4) is 0 Å². The smallest absolute Gasteiger partial charge is 0.247 e. The highest BCUT2D eigenvalue weighted by atomic mass is 28.4. The van der Waals surface area contributed by atoms with Crippen molar-refractivity contribution >= 4 is 67.5 Å². The Morgan fingerprint density at radius 2 is 0.835 bits per heavy atom. The summed E-state index contributed by atoms with van der Waals surface area (Å²) in [6.45, 7) is 46.7. The van der Waals surface area contributed by atoms with Gasteiger partial charge in [-0.25, -0.2) is 9.97 Å². The van der Waals surface area contributed by atoms with Crippen LogP contribution in [0.5, 0.6) is 11.8 Å². The zero-order valence-corrected chi connectivity index (χ0v) is 55.0. The standard InChI is InChI=1S/C58H91N9O8Si4/c1-55(2,3)76(13,14)70-35-43-41(74-78(17,18)57(7,8)9)31-45(72-43)66-37-59-47-49(66)61-53(63-51(47)68-33-39-27-23-21-24-28-39)65-54-62-50-48(52(64-54)69-34-40-29-25-22-26-30-40)60-38-67(50)46-32-42(75-79(19,20)58(10,11)12)44(73-46)36-71-77(15,16)56(4,5)6/h21-30,37-38,41-46H,31-36H2,1-20H3,(H,61,62,63,64,65)/t41-,42-,43+,44+,45+,46+/m0/s1. The van der Waals surface area contributed by atoms with Gasteiger partial charge in [-0.15, -0.1) is 0 Å². The molecular formula is C58H91N9O8Si4. The summed E-state index contributed by atoms with van der Waals surface area (Å²) in [6.07, 6.45) is 2.59. The molecule has 0 saturated carbocycles. The molecule has 1 N–H and O–H groups in total. The molecule has 6 aromatic rings. The monoisotopic (exact) mass is 1150 g/mol. The minimum Gasteiger partial charge on any atom is -0.471 e. The molecule has 0 aliphatic carbocycles. The lowest BCUT2D eigenvalue weighted by Crippen LogP contribution is -2.48. The molecule has 0 amide bonds. The highest BCUT2D eigenvalue weighted by molar-refractivity contribution is 6.75. The van der Waals surface area contributed by atoms with E-state index in [4.69, 9.17) is 66.6 Å². The van der Waals surface area contributed by atoms with Crippen molar-refractivity contribution in [3.8, 4) is 11.8 Å². The number of aromatic nitrogens is 8. The van der Waals surface area contributed by atoms with Crippen molar-refractivity contribution in [2.24, 2.45) is 0 Å². The van der Waals surface area contributed by atoms with Crippen molar-refractivity contribution in [3.05, 3.63) is 84.4 Å². The van der Waals surface area contributed by atoms with Crippen molar-refractivity contribution < 1.29 is 36.7 Å². The number of benzene rings is 2. The van der Waals surface area contributed by atoms with Crippen LogP contribution in [-0.4, -0.2) is 110 Å². The molecular weight excluding hydrogens is 1060 g/mol. The molecule has 0 spiro atoms. The fourth-order valence-corrected chi connectivity index (χ4v) is 13.2. The average Bonchev–Trinajstić information content (AvgIpc) is 4.34. The van der Waals surface area contributed by atoms with E-state index in [0.717, 1.165) is 11.1 Å². The molecule has 21 heteroatoms. The topological polar surface area (TPSA) is 173 Å². The third-order valence-corrected chi connectivity index (χ3v) is 35.8. The van der Waals surface area contributed by atoms with Crippen LogP contribution in [0, 0.1) is 0 Å². The molecule has 17 nitrogen and oxygen atoms in total. The van der Waals surface area contributed by atoms with E-state index in [2.05, 4.69) is 141 Å². The summed E-state index contributed by atoms with van der Waals surface area (Å²) >= 11 is 0. The molecule has 79 heavy (non-hydrogen) atoms. The average molecular weight is 1150 g/mol. The largest absolute Gasteiger partial charge is 0.471 e. The molecule has 432 valence electrons. The number of hydrogen-bond donors (Lipinski definition) is 1. The minimum atomic E-state index is -2.25. The highest BCUT2D eigenvalue weighted by Crippen LogP contribution is 2.46. The number of nitrogens with one attached hydrogen (secondary N) is 1. The van der Waals surface area contributed by atoms with Crippen LogP contribution in [-0.2, 0) is 40.4 Å². The Morgan fingerprint density at radius 3 is 1.16 bits per heavy atom. The molecule has 6 atom stereocenters. The van der Waals surface area contributed by atoms with E-state index in [9.17, 15) is 0 Å². The minimum absolute atomic E-state index is 0.0146. The summed E-state index contributed by atoms with van der Waals surface area (Å²) in [5.74, 6) is 0.934. The van der Waals surface area contributed by atoms with Gasteiger partial charge in [-0.05, 0) is 83.7 Å². The molecule has 6 heterocycles. The van der Waals surface area contributed by atoms with Crippen LogP contribution >= 0.6 is 0 Å². The van der Waals surface area contributed by atoms with Crippen molar-refractivity contribution in [3.63, 3.8) is 0 Å². The first-order valence-electron chi connectivity index (χ1n) is 28.2. The van der Waals surface area contributed by atoms with Gasteiger partial charge in [-0.1, -0.05) is 144 Å². The van der Waals surface area contributed by atoms with Gasteiger partial charge in [0.15, 0.2) is 55.6 Å². The number of fused-ring (bicyclic) bond motifs is 2. The fraction of sp³-hybridized carbons (Fsp3) is 0.621. The van der Waals surface area contributed by atoms with E-state index in [1.54, 1.807) is 12.7 Å². The predicted octanol–water partition coefficient (Wildman–Crippen LogP) is 14.3. The molecule has 2 saturated heterocycles. The molecule has 2 aliphatic rings. The number of hydrogen-bond acceptors (Lipinski definition) is 15. The van der Waals surface area contributed by atoms with Crippen LogP contribution in [0.1, 0.15) is 120 Å². The number of anilines is 2. The number of nitrogens with zero attached hydrogens (tertiary/aromatic N) is 8. The molecule has 2 aliphatic heterocycles. The second-order valence-electron chi connectivity index (χ2n) is 27.7. The summed E-state index contributed by atoms with van der Waals surface area (Å²) in [4.78, 5) is 30.1. The van der Waals surface area contributed by atoms with E-state index in [1.165, 1.54) is 0 Å². The van der Waals surface area contributed by atoms with Gasteiger partial charge >= 0.3 is 0 Å². The fourth-order valence-electron chi connectivity index (χ4n) is 8.48. The lowest BCUT2D eigenvalue weighted by atomic mass is 10.2. The van der Waals surface area contributed by atoms with E-state index in [0.29, 0.717) is 48.4 Å². The number of rotatable bonds is 20. The third-order valence-electron chi connectivity index (χ3n) is 17.8. The molecule has 2 fully saturated rings. The Kier molecular flexibility index (Phi) is 17.4. The van der Waals surface area contributed by atoms with Crippen LogP contribution < -0.4 is 14.8 Å². The normalized spacial score (nSPS) is 21.1. The van der Waals surface area contributed by atoms with Gasteiger partial charge in [0.1, 0.15) is 37.9 Å². The first-order valence-corrected chi connectivity index (χ1v) is 39.8. The third kappa shape index (κ3) is 13.7. The maximum atomic E-state index is 7.19. The molecule has 2 aromatic carbocycles. The summed E-state index contributed by atoms with van der Waals surface area (Å²) in [5.41, 5.74) is 3.92. The SMILES string of the molecule is CC(C)(C)[Si](C)(C)OC[C@H]1O[C@@H](n2cnc3c(OCc4ccccc4)nc(Nc4nc(OCc5ccccc5)c5ncn([C@H]6C[C@H](O[Si](C)(C)C(C)(C)C)[C@@H](CO[Si](C)(C)C(C)(C)C)O6)c5n4)nc32)C[C@@H]1O[Si](C)(C)C(C)(C)C. The zero-order chi connectivity index (χ0) is 57.7. The quantitative estimate of drug-likeness (QED) is 0.0715. The molecule has 4 aromatic heterocycles. The van der Waals surface area contributed by atoms with Gasteiger partial charge in [0.2, 0.25) is 23.7 Å². The maximum absolute atomic E-state index is 7.19. The van der Waals surface area contributed by atoms with Gasteiger partial charge in [-0.3, -0.25) is 14.5 Å². The van der Waals surface area contributed by atoms with Gasteiger partial charge in [0, 0.05) is 12.8 Å². The zero-order valence-electron chi connectivity index (χ0n) is 51.0. The van der Waals surface area contributed by atoms with Gasteiger partial charge in [-0.2, -0.15) is 19.9 Å². The lowest BCUT2D eigenvalue weighted by molar-refractivity contribution is -0.0383. The van der Waals surface area contributed by atoms with Crippen molar-refractivity contribution in [1.29, 1.82) is 0 Å². The second kappa shape index (κ2) is 22.7. The second-order valence-corrected chi connectivity index (χ2v) is 46.9. The molecule has 8 rings (SSSR count). The first kappa shape index (κ1) is 60.7. The predicted molar refractivity (Wildman–Crippen MR) is 323 cm³/mol. The Hall–Kier alpha value is -4.43. The summed E-state index contributed by atoms with van der Waals surface area (Å²) in [7, 11) is -8.77. The first-order chi connectivity index (χ1) is 36.6. The lowest BCUT2D eigenvalue weighted by Gasteiger charge is -2.40. The number of imidazole rings is 2. The van der Waals surface area contributed by atoms with E-state index in [1.807, 2.05) is 69.8 Å².